The molecule has 1 aliphatic heterocycles. The zero-order chi connectivity index (χ0) is 10.7. The Morgan fingerprint density at radius 2 is 2.40 bits per heavy atom. The second kappa shape index (κ2) is 4.44. The Morgan fingerprint density at radius 3 is 3.13 bits per heavy atom. The largest absolute Gasteiger partial charge is 0.393 e. The normalized spacial score (nSPS) is 22.5. The van der Waals surface area contributed by atoms with Crippen molar-refractivity contribution < 1.29 is 9.90 Å². The van der Waals surface area contributed by atoms with Gasteiger partial charge in [-0.1, -0.05) is 0 Å². The number of amides is 1. The molecular formula is C10H15N3O2. The number of nitrogens with one attached hydrogen (secondary N) is 1. The minimum atomic E-state index is -0.260. The fourth-order valence-electron chi connectivity index (χ4n) is 1.83. The van der Waals surface area contributed by atoms with Gasteiger partial charge in [-0.25, -0.2) is 0 Å². The summed E-state index contributed by atoms with van der Waals surface area (Å²) in [6, 6.07) is 1.67. The van der Waals surface area contributed by atoms with Gasteiger partial charge in [-0.2, -0.15) is 5.10 Å². The van der Waals surface area contributed by atoms with Gasteiger partial charge >= 0.3 is 0 Å². The lowest BCUT2D eigenvalue weighted by Crippen LogP contribution is -2.32. The van der Waals surface area contributed by atoms with Crippen LogP contribution in [0.25, 0.3) is 0 Å². The third-order valence-corrected chi connectivity index (χ3v) is 2.72. The van der Waals surface area contributed by atoms with E-state index in [0.717, 1.165) is 19.4 Å². The molecule has 0 spiro atoms. The molecule has 0 saturated carbocycles. The monoisotopic (exact) mass is 209 g/mol. The Labute approximate surface area is 88.1 Å². The van der Waals surface area contributed by atoms with E-state index >= 15 is 0 Å². The maximum Gasteiger partial charge on any atom is 0.271 e. The van der Waals surface area contributed by atoms with Crippen LogP contribution in [0.15, 0.2) is 12.3 Å². The third kappa shape index (κ3) is 2.36. The molecule has 1 unspecified atom stereocenters. The number of hydrogen-bond acceptors (Lipinski definition) is 3. The summed E-state index contributed by atoms with van der Waals surface area (Å²) in [5.74, 6) is -0.0263. The van der Waals surface area contributed by atoms with Crippen molar-refractivity contribution in [1.29, 1.82) is 0 Å². The Balaban J connectivity index is 2.01. The Bertz CT molecular complexity index is 323. The highest BCUT2D eigenvalue weighted by Crippen LogP contribution is 2.12. The zero-order valence-electron chi connectivity index (χ0n) is 8.52. The van der Waals surface area contributed by atoms with Crippen molar-refractivity contribution in [3.05, 3.63) is 18.0 Å². The van der Waals surface area contributed by atoms with E-state index < -0.39 is 0 Å². The third-order valence-electron chi connectivity index (χ3n) is 2.72. The summed E-state index contributed by atoms with van der Waals surface area (Å²) in [6.07, 6.45) is 3.62. The highest BCUT2D eigenvalue weighted by atomic mass is 16.3. The molecule has 0 radical (unpaired) electrons. The van der Waals surface area contributed by atoms with Crippen LogP contribution < -0.4 is 0 Å². The first-order chi connectivity index (χ1) is 7.27. The van der Waals surface area contributed by atoms with Crippen LogP contribution in [0.2, 0.25) is 0 Å². The van der Waals surface area contributed by atoms with Crippen LogP contribution in [-0.4, -0.2) is 45.3 Å². The second-order valence-electron chi connectivity index (χ2n) is 3.85. The van der Waals surface area contributed by atoms with Crippen LogP contribution in [0, 0.1) is 0 Å². The number of likely N-dealkylation sites (tertiary alicyclic amines) is 1. The number of H-pyrrole nitrogens is 1. The van der Waals surface area contributed by atoms with E-state index in [1.54, 1.807) is 17.2 Å². The van der Waals surface area contributed by atoms with Crippen LogP contribution in [0.5, 0.6) is 0 Å². The van der Waals surface area contributed by atoms with Gasteiger partial charge in [-0.3, -0.25) is 9.89 Å². The van der Waals surface area contributed by atoms with E-state index in [9.17, 15) is 9.90 Å². The standard InChI is InChI=1S/C10H15N3O2/c14-8-2-1-6-13(7-4-8)10(15)9-3-5-11-12-9/h3,5,8,14H,1-2,4,6-7H2,(H,11,12). The fourth-order valence-corrected chi connectivity index (χ4v) is 1.83. The number of carbonyl (C=O) groups excluding carboxylic acids is 1. The molecule has 2 N–H and O–H groups in total. The minimum Gasteiger partial charge on any atom is -0.393 e. The van der Waals surface area contributed by atoms with E-state index in [0.29, 0.717) is 18.7 Å². The first-order valence-corrected chi connectivity index (χ1v) is 5.24. The Morgan fingerprint density at radius 1 is 1.53 bits per heavy atom. The van der Waals surface area contributed by atoms with Gasteiger partial charge in [0, 0.05) is 19.3 Å². The molecule has 1 aromatic heterocycles. The van der Waals surface area contributed by atoms with Crippen LogP contribution in [-0.2, 0) is 0 Å². The molecule has 1 atom stereocenters. The zero-order valence-corrected chi connectivity index (χ0v) is 8.52. The molecule has 82 valence electrons. The molecule has 1 amide bonds. The van der Waals surface area contributed by atoms with Crippen LogP contribution in [0.1, 0.15) is 29.8 Å². The maximum absolute atomic E-state index is 11.9. The van der Waals surface area contributed by atoms with Crippen molar-refractivity contribution >= 4 is 5.91 Å². The second-order valence-corrected chi connectivity index (χ2v) is 3.85. The van der Waals surface area contributed by atoms with Crippen molar-refractivity contribution in [2.45, 2.75) is 25.4 Å². The number of aliphatic hydroxyl groups excluding tert-OH is 1. The summed E-state index contributed by atoms with van der Waals surface area (Å²) < 4.78 is 0. The quantitative estimate of drug-likeness (QED) is 0.703. The lowest BCUT2D eigenvalue weighted by atomic mass is 10.2. The predicted octanol–water partition coefficient (Wildman–Crippen LogP) is 0.397. The highest BCUT2D eigenvalue weighted by Gasteiger charge is 2.20. The van der Waals surface area contributed by atoms with Gasteiger partial charge in [0.2, 0.25) is 0 Å². The van der Waals surface area contributed by atoms with E-state index in [2.05, 4.69) is 10.2 Å². The molecule has 5 nitrogen and oxygen atoms in total. The van der Waals surface area contributed by atoms with Crippen LogP contribution in [0.3, 0.4) is 0 Å². The number of carbonyl (C=O) groups is 1. The van der Waals surface area contributed by atoms with Gasteiger partial charge in [0.05, 0.1) is 6.10 Å². The molecule has 1 aromatic rings. The lowest BCUT2D eigenvalue weighted by molar-refractivity contribution is 0.0747. The van der Waals surface area contributed by atoms with Crippen LogP contribution in [0.4, 0.5) is 0 Å². The molecule has 5 heteroatoms. The summed E-state index contributed by atoms with van der Waals surface area (Å²) in [5, 5.41) is 15.9. The highest BCUT2D eigenvalue weighted by molar-refractivity contribution is 5.92. The van der Waals surface area contributed by atoms with Gasteiger partial charge in [-0.15, -0.1) is 0 Å². The van der Waals surface area contributed by atoms with Crippen molar-refractivity contribution in [2.75, 3.05) is 13.1 Å². The summed E-state index contributed by atoms with van der Waals surface area (Å²) in [4.78, 5) is 13.7. The molecule has 2 rings (SSSR count). The molecule has 0 bridgehead atoms. The maximum atomic E-state index is 11.9. The van der Waals surface area contributed by atoms with E-state index in [-0.39, 0.29) is 12.0 Å². The van der Waals surface area contributed by atoms with E-state index in [4.69, 9.17) is 0 Å². The molecule has 1 fully saturated rings. The summed E-state index contributed by atoms with van der Waals surface area (Å²) in [5.41, 5.74) is 0.520. The van der Waals surface area contributed by atoms with Crippen molar-refractivity contribution in [1.82, 2.24) is 15.1 Å². The minimum absolute atomic E-state index is 0.0263. The Kier molecular flexibility index (Phi) is 3.01. The molecule has 1 aliphatic rings. The fraction of sp³-hybridized carbons (Fsp3) is 0.600. The van der Waals surface area contributed by atoms with Gasteiger partial charge < -0.3 is 10.0 Å². The molecule has 15 heavy (non-hydrogen) atoms. The predicted molar refractivity (Wildman–Crippen MR) is 54.3 cm³/mol. The van der Waals surface area contributed by atoms with Gasteiger partial charge in [-0.05, 0) is 25.3 Å². The van der Waals surface area contributed by atoms with Crippen molar-refractivity contribution in [3.8, 4) is 0 Å². The number of aromatic amines is 1. The molecule has 0 aliphatic carbocycles. The van der Waals surface area contributed by atoms with Gasteiger partial charge in [0.1, 0.15) is 5.69 Å². The molecular weight excluding hydrogens is 194 g/mol. The van der Waals surface area contributed by atoms with Gasteiger partial charge in [0.25, 0.3) is 5.91 Å². The smallest absolute Gasteiger partial charge is 0.271 e. The first kappa shape index (κ1) is 10.2. The summed E-state index contributed by atoms with van der Waals surface area (Å²) >= 11 is 0. The molecule has 0 aromatic carbocycles. The van der Waals surface area contributed by atoms with Crippen molar-refractivity contribution in [3.63, 3.8) is 0 Å². The number of nitrogens with zero attached hydrogens (tertiary/aromatic N) is 2. The molecule has 1 saturated heterocycles. The summed E-state index contributed by atoms with van der Waals surface area (Å²) in [6.45, 7) is 1.34. The Hall–Kier alpha value is -1.36. The summed E-state index contributed by atoms with van der Waals surface area (Å²) in [7, 11) is 0. The number of hydrogen-bond donors (Lipinski definition) is 2. The average Bonchev–Trinajstić information content (AvgIpc) is 2.67. The topological polar surface area (TPSA) is 69.2 Å². The number of aromatic nitrogens is 2. The average molecular weight is 209 g/mol. The lowest BCUT2D eigenvalue weighted by Gasteiger charge is -2.19. The SMILES string of the molecule is O=C(c1ccn[nH]1)N1CCCC(O)CC1. The first-order valence-electron chi connectivity index (χ1n) is 5.24. The van der Waals surface area contributed by atoms with Crippen LogP contribution >= 0.6 is 0 Å². The van der Waals surface area contributed by atoms with E-state index in [1.807, 2.05) is 0 Å². The number of aliphatic hydroxyl groups is 1. The number of rotatable bonds is 1. The molecule has 2 heterocycles. The van der Waals surface area contributed by atoms with Gasteiger partial charge in [0.15, 0.2) is 0 Å². The van der Waals surface area contributed by atoms with E-state index in [1.165, 1.54) is 0 Å². The van der Waals surface area contributed by atoms with Crippen molar-refractivity contribution in [2.24, 2.45) is 0 Å².